The van der Waals surface area contributed by atoms with E-state index in [4.69, 9.17) is 16.1 Å². The van der Waals surface area contributed by atoms with Gasteiger partial charge in [0.15, 0.2) is 5.96 Å². The molecule has 2 aromatic heterocycles. The average molecular weight is 431 g/mol. The maximum atomic E-state index is 6.04. The summed E-state index contributed by atoms with van der Waals surface area (Å²) < 4.78 is 5.37. The normalized spacial score (nSPS) is 15.7. The third-order valence-corrected chi connectivity index (χ3v) is 5.89. The number of piperazine rings is 1. The Hall–Kier alpha value is -2.42. The molecule has 29 heavy (non-hydrogen) atoms. The molecule has 1 N–H and O–H groups in total. The number of halogens is 1. The number of hydrogen-bond acceptors (Lipinski definition) is 6. The van der Waals surface area contributed by atoms with Crippen LogP contribution < -0.4 is 5.32 Å². The van der Waals surface area contributed by atoms with Gasteiger partial charge in [0.2, 0.25) is 11.7 Å². The molecule has 1 aliphatic rings. The molecular weight excluding hydrogens is 408 g/mol. The first-order chi connectivity index (χ1) is 14.2. The molecule has 0 amide bonds. The number of rotatable bonds is 5. The lowest BCUT2D eigenvalue weighted by molar-refractivity contribution is 0.173. The van der Waals surface area contributed by atoms with Crippen molar-refractivity contribution in [2.24, 2.45) is 4.99 Å². The van der Waals surface area contributed by atoms with Gasteiger partial charge in [0, 0.05) is 55.2 Å². The Morgan fingerprint density at radius 2 is 2.10 bits per heavy atom. The molecule has 0 spiro atoms. The van der Waals surface area contributed by atoms with Crippen LogP contribution in [0, 0.1) is 0 Å². The predicted molar refractivity (Wildman–Crippen MR) is 116 cm³/mol. The van der Waals surface area contributed by atoms with Gasteiger partial charge in [-0.2, -0.15) is 4.98 Å². The maximum Gasteiger partial charge on any atom is 0.246 e. The lowest BCUT2D eigenvalue weighted by Crippen LogP contribution is -2.52. The van der Waals surface area contributed by atoms with Gasteiger partial charge in [-0.1, -0.05) is 35.0 Å². The monoisotopic (exact) mass is 430 g/mol. The summed E-state index contributed by atoms with van der Waals surface area (Å²) in [6.07, 6.45) is 0. The molecule has 1 aliphatic heterocycles. The summed E-state index contributed by atoms with van der Waals surface area (Å²) in [6, 6.07) is 11.7. The van der Waals surface area contributed by atoms with E-state index in [2.05, 4.69) is 47.8 Å². The van der Waals surface area contributed by atoms with Gasteiger partial charge < -0.3 is 14.7 Å². The summed E-state index contributed by atoms with van der Waals surface area (Å²) in [7, 11) is 1.80. The first-order valence-corrected chi connectivity index (χ1v) is 10.8. The smallest absolute Gasteiger partial charge is 0.246 e. The van der Waals surface area contributed by atoms with Crippen molar-refractivity contribution in [2.75, 3.05) is 33.2 Å². The van der Waals surface area contributed by atoms with Gasteiger partial charge in [0.25, 0.3) is 0 Å². The van der Waals surface area contributed by atoms with Crippen LogP contribution in [0.2, 0.25) is 5.02 Å². The second kappa shape index (κ2) is 9.39. The minimum absolute atomic E-state index is 0.426. The van der Waals surface area contributed by atoms with Crippen molar-refractivity contribution in [2.45, 2.75) is 13.1 Å². The van der Waals surface area contributed by atoms with Gasteiger partial charge in [-0.15, -0.1) is 11.3 Å². The quantitative estimate of drug-likeness (QED) is 0.494. The van der Waals surface area contributed by atoms with Crippen molar-refractivity contribution in [3.8, 4) is 11.4 Å². The van der Waals surface area contributed by atoms with E-state index in [1.54, 1.807) is 7.05 Å². The number of aromatic nitrogens is 2. The van der Waals surface area contributed by atoms with Crippen molar-refractivity contribution in [1.82, 2.24) is 25.3 Å². The molecule has 9 heteroatoms. The Morgan fingerprint density at radius 1 is 1.24 bits per heavy atom. The van der Waals surface area contributed by atoms with E-state index >= 15 is 0 Å². The highest BCUT2D eigenvalue weighted by molar-refractivity contribution is 7.09. The zero-order valence-corrected chi connectivity index (χ0v) is 17.8. The molecule has 0 aliphatic carbocycles. The number of nitrogens with one attached hydrogen (secondary N) is 1. The van der Waals surface area contributed by atoms with Gasteiger partial charge in [-0.3, -0.25) is 9.89 Å². The standard InChI is InChI=1S/C20H23ClN6OS/c1-22-20(27-9-7-26(8-10-27)14-17-6-3-11-29-17)23-13-18-24-19(25-28-18)15-4-2-5-16(21)12-15/h2-6,11-12H,7-10,13-14H2,1H3,(H,22,23). The van der Waals surface area contributed by atoms with Crippen LogP contribution in [0.5, 0.6) is 0 Å². The Bertz CT molecular complexity index is 950. The average Bonchev–Trinajstić information content (AvgIpc) is 3.42. The number of benzene rings is 1. The van der Waals surface area contributed by atoms with Gasteiger partial charge in [0.05, 0.1) is 6.54 Å². The van der Waals surface area contributed by atoms with Crippen molar-refractivity contribution in [1.29, 1.82) is 0 Å². The van der Waals surface area contributed by atoms with Crippen molar-refractivity contribution >= 4 is 28.9 Å². The van der Waals surface area contributed by atoms with Crippen LogP contribution in [0.25, 0.3) is 11.4 Å². The first kappa shape index (κ1) is 19.9. The summed E-state index contributed by atoms with van der Waals surface area (Å²) in [5, 5.41) is 10.2. The molecule has 0 saturated carbocycles. The molecule has 0 radical (unpaired) electrons. The van der Waals surface area contributed by atoms with Crippen LogP contribution in [0.4, 0.5) is 0 Å². The third-order valence-electron chi connectivity index (χ3n) is 4.79. The van der Waals surface area contributed by atoms with E-state index in [9.17, 15) is 0 Å². The fraction of sp³-hybridized carbons (Fsp3) is 0.350. The molecule has 4 rings (SSSR count). The number of aliphatic imine (C=N–C) groups is 1. The number of nitrogens with zero attached hydrogens (tertiary/aromatic N) is 5. The molecule has 1 aromatic carbocycles. The lowest BCUT2D eigenvalue weighted by Gasteiger charge is -2.36. The van der Waals surface area contributed by atoms with Gasteiger partial charge in [-0.25, -0.2) is 0 Å². The van der Waals surface area contributed by atoms with E-state index in [-0.39, 0.29) is 0 Å². The summed E-state index contributed by atoms with van der Waals surface area (Å²) in [6.45, 7) is 5.34. The minimum Gasteiger partial charge on any atom is -0.347 e. The van der Waals surface area contributed by atoms with E-state index in [1.807, 2.05) is 35.6 Å². The van der Waals surface area contributed by atoms with Crippen LogP contribution in [0.15, 0.2) is 51.3 Å². The van der Waals surface area contributed by atoms with E-state index < -0.39 is 0 Å². The number of guanidine groups is 1. The van der Waals surface area contributed by atoms with Crippen LogP contribution in [-0.2, 0) is 13.1 Å². The number of hydrogen-bond donors (Lipinski definition) is 1. The fourth-order valence-electron chi connectivity index (χ4n) is 3.30. The molecule has 3 aromatic rings. The first-order valence-electron chi connectivity index (χ1n) is 9.50. The Balaban J connectivity index is 1.29. The maximum absolute atomic E-state index is 6.04. The Labute approximate surface area is 179 Å². The molecular formula is C20H23ClN6OS. The van der Waals surface area contributed by atoms with E-state index in [0.717, 1.165) is 44.2 Å². The van der Waals surface area contributed by atoms with Gasteiger partial charge >= 0.3 is 0 Å². The van der Waals surface area contributed by atoms with Crippen molar-refractivity contribution in [3.63, 3.8) is 0 Å². The van der Waals surface area contributed by atoms with Crippen molar-refractivity contribution < 1.29 is 4.52 Å². The van der Waals surface area contributed by atoms with Crippen LogP contribution in [0.3, 0.4) is 0 Å². The van der Waals surface area contributed by atoms with Crippen LogP contribution >= 0.6 is 22.9 Å². The summed E-state index contributed by atoms with van der Waals surface area (Å²) in [4.78, 5) is 15.0. The molecule has 0 unspecified atom stereocenters. The Kier molecular flexibility index (Phi) is 6.43. The molecule has 1 fully saturated rings. The lowest BCUT2D eigenvalue weighted by atomic mass is 10.2. The van der Waals surface area contributed by atoms with Gasteiger partial charge in [-0.05, 0) is 23.6 Å². The number of thiophene rings is 1. The third kappa shape index (κ3) is 5.14. The molecule has 7 nitrogen and oxygen atoms in total. The highest BCUT2D eigenvalue weighted by atomic mass is 35.5. The largest absolute Gasteiger partial charge is 0.347 e. The fourth-order valence-corrected chi connectivity index (χ4v) is 4.24. The molecule has 0 bridgehead atoms. The summed E-state index contributed by atoms with van der Waals surface area (Å²) in [5.41, 5.74) is 0.832. The molecule has 152 valence electrons. The van der Waals surface area contributed by atoms with Crippen LogP contribution in [0.1, 0.15) is 10.8 Å². The second-order valence-corrected chi connectivity index (χ2v) is 8.23. The minimum atomic E-state index is 0.426. The summed E-state index contributed by atoms with van der Waals surface area (Å²) in [5.74, 6) is 1.89. The second-order valence-electron chi connectivity index (χ2n) is 6.77. The Morgan fingerprint density at radius 3 is 2.83 bits per heavy atom. The molecule has 0 atom stereocenters. The van der Waals surface area contributed by atoms with E-state index in [1.165, 1.54) is 4.88 Å². The highest BCUT2D eigenvalue weighted by Crippen LogP contribution is 2.20. The SMILES string of the molecule is CN=C(NCc1nc(-c2cccc(Cl)c2)no1)N1CCN(Cc2cccs2)CC1. The summed E-state index contributed by atoms with van der Waals surface area (Å²) >= 11 is 7.85. The predicted octanol–water partition coefficient (Wildman–Crippen LogP) is 3.34. The molecule has 1 saturated heterocycles. The van der Waals surface area contributed by atoms with Crippen LogP contribution in [-0.4, -0.2) is 59.1 Å². The zero-order chi connectivity index (χ0) is 20.1. The van der Waals surface area contributed by atoms with Crippen molar-refractivity contribution in [3.05, 3.63) is 57.6 Å². The van der Waals surface area contributed by atoms with Gasteiger partial charge in [0.1, 0.15) is 0 Å². The van der Waals surface area contributed by atoms with E-state index in [0.29, 0.717) is 23.3 Å². The molecule has 3 heterocycles. The topological polar surface area (TPSA) is 69.8 Å². The highest BCUT2D eigenvalue weighted by Gasteiger charge is 2.20. The zero-order valence-electron chi connectivity index (χ0n) is 16.2.